The minimum atomic E-state index is -1.19. The van der Waals surface area contributed by atoms with E-state index in [1.165, 1.54) is 0 Å². The Morgan fingerprint density at radius 2 is 2.05 bits per heavy atom. The molecule has 1 unspecified atom stereocenters. The summed E-state index contributed by atoms with van der Waals surface area (Å²) in [5.41, 5.74) is 0.903. The Kier molecular flexibility index (Phi) is 6.24. The van der Waals surface area contributed by atoms with Crippen molar-refractivity contribution >= 4 is 28.3 Å². The van der Waals surface area contributed by atoms with Crippen LogP contribution in [0.15, 0.2) is 24.3 Å². The Morgan fingerprint density at radius 3 is 2.71 bits per heavy atom. The van der Waals surface area contributed by atoms with Crippen molar-refractivity contribution in [2.45, 2.75) is 44.4 Å². The van der Waals surface area contributed by atoms with E-state index in [9.17, 15) is 9.00 Å². The second-order valence-electron chi connectivity index (χ2n) is 5.88. The maximum atomic E-state index is 12.0. The number of carbonyl (C=O) groups is 1. The van der Waals surface area contributed by atoms with Gasteiger partial charge in [0, 0.05) is 27.6 Å². The molecule has 5 heteroatoms. The standard InChI is InChI=1S/C16H22ClNO2S/c1-12-5-7-15(8-6-12)18-16(19)11-21(20)10-13-3-2-4-14(17)9-13/h2-4,9,12,15H,5-8,10-11H2,1H3,(H,18,19). The van der Waals surface area contributed by atoms with Crippen molar-refractivity contribution in [3.63, 3.8) is 0 Å². The predicted octanol–water partition coefficient (Wildman–Crippen LogP) is 3.28. The van der Waals surface area contributed by atoms with Crippen LogP contribution in [0.2, 0.25) is 5.02 Å². The first kappa shape index (κ1) is 16.5. The lowest BCUT2D eigenvalue weighted by molar-refractivity contribution is -0.119. The van der Waals surface area contributed by atoms with E-state index < -0.39 is 10.8 Å². The molecule has 1 aliphatic rings. The van der Waals surface area contributed by atoms with Crippen molar-refractivity contribution in [1.29, 1.82) is 0 Å². The van der Waals surface area contributed by atoms with Crippen LogP contribution in [-0.4, -0.2) is 21.9 Å². The molecule has 0 radical (unpaired) electrons. The highest BCUT2D eigenvalue weighted by molar-refractivity contribution is 7.84. The van der Waals surface area contributed by atoms with Crippen LogP contribution < -0.4 is 5.32 Å². The highest BCUT2D eigenvalue weighted by Gasteiger charge is 2.20. The van der Waals surface area contributed by atoms with Crippen LogP contribution in [0.25, 0.3) is 0 Å². The van der Waals surface area contributed by atoms with E-state index in [1.807, 2.05) is 12.1 Å². The van der Waals surface area contributed by atoms with Crippen LogP contribution in [0.3, 0.4) is 0 Å². The molecular formula is C16H22ClNO2S. The summed E-state index contributed by atoms with van der Waals surface area (Å²) in [5, 5.41) is 3.64. The number of rotatable bonds is 5. The van der Waals surface area contributed by atoms with Crippen LogP contribution in [0.5, 0.6) is 0 Å². The predicted molar refractivity (Wildman–Crippen MR) is 87.7 cm³/mol. The largest absolute Gasteiger partial charge is 0.353 e. The van der Waals surface area contributed by atoms with Crippen molar-refractivity contribution in [3.8, 4) is 0 Å². The van der Waals surface area contributed by atoms with Gasteiger partial charge in [-0.1, -0.05) is 30.7 Å². The number of hydrogen-bond acceptors (Lipinski definition) is 2. The summed E-state index contributed by atoms with van der Waals surface area (Å²) in [6, 6.07) is 7.55. The lowest BCUT2D eigenvalue weighted by atomic mass is 9.87. The topological polar surface area (TPSA) is 46.2 Å². The molecule has 3 nitrogen and oxygen atoms in total. The zero-order valence-electron chi connectivity index (χ0n) is 12.3. The molecule has 1 amide bonds. The van der Waals surface area contributed by atoms with Gasteiger partial charge in [0.25, 0.3) is 0 Å². The van der Waals surface area contributed by atoms with Crippen molar-refractivity contribution < 1.29 is 9.00 Å². The third kappa shape index (κ3) is 5.79. The summed E-state index contributed by atoms with van der Waals surface area (Å²) in [7, 11) is -1.19. The van der Waals surface area contributed by atoms with Crippen LogP contribution in [0.4, 0.5) is 0 Å². The number of nitrogens with one attached hydrogen (secondary N) is 1. The van der Waals surface area contributed by atoms with Gasteiger partial charge in [-0.05, 0) is 49.3 Å². The van der Waals surface area contributed by atoms with Gasteiger partial charge in [0.2, 0.25) is 5.91 Å². The first-order chi connectivity index (χ1) is 10.0. The summed E-state index contributed by atoms with van der Waals surface area (Å²) in [6.07, 6.45) is 4.40. The van der Waals surface area contributed by atoms with E-state index in [4.69, 9.17) is 11.6 Å². The van der Waals surface area contributed by atoms with E-state index in [-0.39, 0.29) is 17.7 Å². The third-order valence-corrected chi connectivity index (χ3v) is 5.36. The summed E-state index contributed by atoms with van der Waals surface area (Å²) in [5.74, 6) is 1.10. The fraction of sp³-hybridized carbons (Fsp3) is 0.562. The number of hydrogen-bond donors (Lipinski definition) is 1. The molecule has 21 heavy (non-hydrogen) atoms. The first-order valence-corrected chi connectivity index (χ1v) is 9.28. The fourth-order valence-electron chi connectivity index (χ4n) is 2.68. The zero-order valence-corrected chi connectivity index (χ0v) is 13.9. The smallest absolute Gasteiger partial charge is 0.232 e. The van der Waals surface area contributed by atoms with E-state index in [1.54, 1.807) is 12.1 Å². The molecule has 0 heterocycles. The van der Waals surface area contributed by atoms with Crippen LogP contribution in [0.1, 0.15) is 38.2 Å². The maximum Gasteiger partial charge on any atom is 0.232 e. The number of benzene rings is 1. The maximum absolute atomic E-state index is 12.0. The van der Waals surface area contributed by atoms with E-state index in [0.29, 0.717) is 10.8 Å². The highest BCUT2D eigenvalue weighted by Crippen LogP contribution is 2.23. The monoisotopic (exact) mass is 327 g/mol. The van der Waals surface area contributed by atoms with Crippen LogP contribution >= 0.6 is 11.6 Å². The Labute approximate surface area is 133 Å². The quantitative estimate of drug-likeness (QED) is 0.902. The van der Waals surface area contributed by atoms with Gasteiger partial charge in [-0.25, -0.2) is 0 Å². The highest BCUT2D eigenvalue weighted by atomic mass is 35.5. The molecule has 0 spiro atoms. The summed E-state index contributed by atoms with van der Waals surface area (Å²) in [4.78, 5) is 11.9. The van der Waals surface area contributed by atoms with Crippen molar-refractivity contribution in [3.05, 3.63) is 34.9 Å². The molecule has 116 valence electrons. The van der Waals surface area contributed by atoms with Crippen LogP contribution in [-0.2, 0) is 21.3 Å². The van der Waals surface area contributed by atoms with E-state index in [2.05, 4.69) is 12.2 Å². The zero-order chi connectivity index (χ0) is 15.2. The number of carbonyl (C=O) groups excluding carboxylic acids is 1. The fourth-order valence-corrected chi connectivity index (χ4v) is 3.93. The van der Waals surface area contributed by atoms with Crippen molar-refractivity contribution in [2.75, 3.05) is 5.75 Å². The summed E-state index contributed by atoms with van der Waals surface area (Å²) >= 11 is 5.90. The molecule has 0 aromatic heterocycles. The Balaban J connectivity index is 1.76. The molecule has 0 bridgehead atoms. The van der Waals surface area contributed by atoms with Gasteiger partial charge in [-0.3, -0.25) is 9.00 Å². The van der Waals surface area contributed by atoms with Gasteiger partial charge < -0.3 is 5.32 Å². The SMILES string of the molecule is CC1CCC(NC(=O)CS(=O)Cc2cccc(Cl)c2)CC1. The third-order valence-electron chi connectivity index (χ3n) is 3.89. The Hall–Kier alpha value is -0.870. The molecule has 1 saturated carbocycles. The molecule has 2 rings (SSSR count). The second-order valence-corrected chi connectivity index (χ2v) is 7.78. The summed E-state index contributed by atoms with van der Waals surface area (Å²) < 4.78 is 12.0. The molecule has 1 aliphatic carbocycles. The Morgan fingerprint density at radius 1 is 1.33 bits per heavy atom. The second kappa shape index (κ2) is 7.95. The van der Waals surface area contributed by atoms with Crippen molar-refractivity contribution in [1.82, 2.24) is 5.32 Å². The lowest BCUT2D eigenvalue weighted by Gasteiger charge is -2.26. The average molecular weight is 328 g/mol. The molecule has 1 atom stereocenters. The molecule has 1 N–H and O–H groups in total. The van der Waals surface area contributed by atoms with Gasteiger partial charge in [0.15, 0.2) is 0 Å². The van der Waals surface area contributed by atoms with E-state index >= 15 is 0 Å². The van der Waals surface area contributed by atoms with Crippen LogP contribution in [0, 0.1) is 5.92 Å². The molecular weight excluding hydrogens is 306 g/mol. The summed E-state index contributed by atoms with van der Waals surface area (Å²) in [6.45, 7) is 2.25. The molecule has 1 aromatic rings. The Bertz CT molecular complexity index is 513. The molecule has 1 fully saturated rings. The van der Waals surface area contributed by atoms with Crippen molar-refractivity contribution in [2.24, 2.45) is 5.92 Å². The normalized spacial score (nSPS) is 23.5. The number of halogens is 1. The molecule has 0 saturated heterocycles. The molecule has 0 aliphatic heterocycles. The average Bonchev–Trinajstić information content (AvgIpc) is 2.41. The number of amides is 1. The molecule has 1 aromatic carbocycles. The van der Waals surface area contributed by atoms with Gasteiger partial charge >= 0.3 is 0 Å². The van der Waals surface area contributed by atoms with Gasteiger partial charge in [-0.15, -0.1) is 0 Å². The lowest BCUT2D eigenvalue weighted by Crippen LogP contribution is -2.39. The first-order valence-electron chi connectivity index (χ1n) is 7.41. The minimum Gasteiger partial charge on any atom is -0.353 e. The van der Waals surface area contributed by atoms with Gasteiger partial charge in [-0.2, -0.15) is 0 Å². The van der Waals surface area contributed by atoms with Gasteiger partial charge in [0.05, 0.1) is 0 Å². The van der Waals surface area contributed by atoms with Gasteiger partial charge in [0.1, 0.15) is 5.75 Å². The minimum absolute atomic E-state index is 0.0680. The van der Waals surface area contributed by atoms with E-state index in [0.717, 1.165) is 37.2 Å².